The van der Waals surface area contributed by atoms with Crippen molar-refractivity contribution in [3.63, 3.8) is 0 Å². The van der Waals surface area contributed by atoms with Crippen LogP contribution in [0.4, 0.5) is 4.39 Å². The van der Waals surface area contributed by atoms with E-state index >= 15 is 0 Å². The summed E-state index contributed by atoms with van der Waals surface area (Å²) in [6, 6.07) is 13.9. The fourth-order valence-corrected chi connectivity index (χ4v) is 3.05. The number of benzene rings is 2. The standard InChI is InChI=1S/C22H18ClFN2O2/c1-3-25-22(28)15-5-4-13(2)18(12-15)19-11-10-17(21(23)26-19)20(27)14-6-8-16(24)9-7-14/h4-12H,3H2,1-2H3,(H,25,28). The summed E-state index contributed by atoms with van der Waals surface area (Å²) in [5, 5.41) is 2.81. The molecule has 6 heteroatoms. The first-order valence-electron chi connectivity index (χ1n) is 8.76. The van der Waals surface area contributed by atoms with E-state index in [1.807, 2.05) is 19.9 Å². The highest BCUT2D eigenvalue weighted by molar-refractivity contribution is 6.34. The number of amides is 1. The van der Waals surface area contributed by atoms with Gasteiger partial charge >= 0.3 is 0 Å². The van der Waals surface area contributed by atoms with Crippen LogP contribution in [0.15, 0.2) is 54.6 Å². The van der Waals surface area contributed by atoms with Gasteiger partial charge in [0.15, 0.2) is 5.78 Å². The summed E-state index contributed by atoms with van der Waals surface area (Å²) in [5.41, 5.74) is 3.32. The molecule has 1 N–H and O–H groups in total. The Kier molecular flexibility index (Phi) is 5.85. The number of nitrogens with zero attached hydrogens (tertiary/aromatic N) is 1. The van der Waals surface area contributed by atoms with E-state index < -0.39 is 5.82 Å². The van der Waals surface area contributed by atoms with Gasteiger partial charge in [0, 0.05) is 23.2 Å². The molecule has 4 nitrogen and oxygen atoms in total. The van der Waals surface area contributed by atoms with Crippen LogP contribution in [-0.4, -0.2) is 23.2 Å². The molecule has 0 saturated carbocycles. The topological polar surface area (TPSA) is 59.1 Å². The molecule has 3 rings (SSSR count). The Balaban J connectivity index is 1.96. The molecule has 0 fully saturated rings. The van der Waals surface area contributed by atoms with Crippen molar-refractivity contribution in [3.05, 3.63) is 87.8 Å². The van der Waals surface area contributed by atoms with Gasteiger partial charge in [-0.05, 0) is 67.9 Å². The highest BCUT2D eigenvalue weighted by Gasteiger charge is 2.16. The van der Waals surface area contributed by atoms with Crippen molar-refractivity contribution in [2.75, 3.05) is 6.54 Å². The molecule has 3 aromatic rings. The van der Waals surface area contributed by atoms with Crippen molar-refractivity contribution in [2.24, 2.45) is 0 Å². The summed E-state index contributed by atoms with van der Waals surface area (Å²) >= 11 is 6.27. The van der Waals surface area contributed by atoms with Crippen molar-refractivity contribution in [1.29, 1.82) is 0 Å². The first-order chi connectivity index (χ1) is 13.4. The van der Waals surface area contributed by atoms with Crippen LogP contribution < -0.4 is 5.32 Å². The molecule has 0 aliphatic rings. The molecular formula is C22H18ClFN2O2. The van der Waals surface area contributed by atoms with Crippen LogP contribution in [0.1, 0.15) is 38.8 Å². The number of ketones is 1. The van der Waals surface area contributed by atoms with Crippen LogP contribution in [0, 0.1) is 12.7 Å². The summed E-state index contributed by atoms with van der Waals surface area (Å²) in [6.07, 6.45) is 0. The van der Waals surface area contributed by atoms with Gasteiger partial charge in [0.25, 0.3) is 5.91 Å². The average molecular weight is 397 g/mol. The van der Waals surface area contributed by atoms with Gasteiger partial charge in [-0.25, -0.2) is 9.37 Å². The molecule has 0 unspecified atom stereocenters. The molecule has 0 bridgehead atoms. The Labute approximate surface area is 167 Å². The number of hydrogen-bond donors (Lipinski definition) is 1. The lowest BCUT2D eigenvalue weighted by Crippen LogP contribution is -2.22. The highest BCUT2D eigenvalue weighted by atomic mass is 35.5. The molecule has 0 atom stereocenters. The Bertz CT molecular complexity index is 1050. The molecule has 1 aromatic heterocycles. The Morgan fingerprint density at radius 3 is 2.36 bits per heavy atom. The average Bonchev–Trinajstić information content (AvgIpc) is 2.68. The molecule has 0 spiro atoms. The van der Waals surface area contributed by atoms with Crippen LogP contribution in [0.5, 0.6) is 0 Å². The fraction of sp³-hybridized carbons (Fsp3) is 0.136. The quantitative estimate of drug-likeness (QED) is 0.496. The smallest absolute Gasteiger partial charge is 0.251 e. The molecule has 0 radical (unpaired) electrons. The Morgan fingerprint density at radius 1 is 1.04 bits per heavy atom. The monoisotopic (exact) mass is 396 g/mol. The summed E-state index contributed by atoms with van der Waals surface area (Å²) in [4.78, 5) is 29.1. The first kappa shape index (κ1) is 19.7. The molecule has 1 amide bonds. The van der Waals surface area contributed by atoms with Crippen LogP contribution in [0.2, 0.25) is 5.15 Å². The predicted molar refractivity (Wildman–Crippen MR) is 107 cm³/mol. The zero-order valence-corrected chi connectivity index (χ0v) is 16.2. The minimum absolute atomic E-state index is 0.0506. The van der Waals surface area contributed by atoms with E-state index in [1.54, 1.807) is 24.3 Å². The number of pyridine rings is 1. The van der Waals surface area contributed by atoms with E-state index in [4.69, 9.17) is 11.6 Å². The number of carbonyl (C=O) groups is 2. The van der Waals surface area contributed by atoms with E-state index in [0.29, 0.717) is 23.4 Å². The SMILES string of the molecule is CCNC(=O)c1ccc(C)c(-c2ccc(C(=O)c3ccc(F)cc3)c(Cl)n2)c1. The maximum Gasteiger partial charge on any atom is 0.251 e. The second kappa shape index (κ2) is 8.31. The van der Waals surface area contributed by atoms with E-state index in [1.165, 1.54) is 24.3 Å². The molecule has 0 aliphatic carbocycles. The van der Waals surface area contributed by atoms with Gasteiger partial charge in [-0.2, -0.15) is 0 Å². The maximum absolute atomic E-state index is 13.1. The fourth-order valence-electron chi connectivity index (χ4n) is 2.81. The van der Waals surface area contributed by atoms with Crippen LogP contribution in [0.3, 0.4) is 0 Å². The van der Waals surface area contributed by atoms with Gasteiger partial charge in [-0.3, -0.25) is 9.59 Å². The summed E-state index contributed by atoms with van der Waals surface area (Å²) in [6.45, 7) is 4.29. The van der Waals surface area contributed by atoms with E-state index in [-0.39, 0.29) is 22.4 Å². The van der Waals surface area contributed by atoms with Crippen molar-refractivity contribution >= 4 is 23.3 Å². The minimum Gasteiger partial charge on any atom is -0.352 e. The van der Waals surface area contributed by atoms with Gasteiger partial charge in [0.1, 0.15) is 11.0 Å². The van der Waals surface area contributed by atoms with Crippen molar-refractivity contribution in [1.82, 2.24) is 10.3 Å². The number of rotatable bonds is 5. The zero-order valence-electron chi connectivity index (χ0n) is 15.4. The Morgan fingerprint density at radius 2 is 1.71 bits per heavy atom. The Hall–Kier alpha value is -3.05. The summed E-state index contributed by atoms with van der Waals surface area (Å²) in [5.74, 6) is -0.923. The number of hydrogen-bond acceptors (Lipinski definition) is 3. The molecule has 0 aliphatic heterocycles. The van der Waals surface area contributed by atoms with Crippen LogP contribution in [0.25, 0.3) is 11.3 Å². The van der Waals surface area contributed by atoms with Gasteiger partial charge in [0.05, 0.1) is 11.3 Å². The third-order valence-electron chi connectivity index (χ3n) is 4.31. The number of halogens is 2. The third kappa shape index (κ3) is 4.10. The molecule has 0 saturated heterocycles. The second-order valence-corrected chi connectivity index (χ2v) is 6.62. The zero-order chi connectivity index (χ0) is 20.3. The third-order valence-corrected chi connectivity index (χ3v) is 4.60. The van der Waals surface area contributed by atoms with Crippen molar-refractivity contribution < 1.29 is 14.0 Å². The summed E-state index contributed by atoms with van der Waals surface area (Å²) in [7, 11) is 0. The second-order valence-electron chi connectivity index (χ2n) is 6.26. The van der Waals surface area contributed by atoms with Gasteiger partial charge < -0.3 is 5.32 Å². The molecule has 28 heavy (non-hydrogen) atoms. The maximum atomic E-state index is 13.1. The minimum atomic E-state index is -0.418. The van der Waals surface area contributed by atoms with E-state index in [0.717, 1.165) is 11.1 Å². The molecule has 1 heterocycles. The van der Waals surface area contributed by atoms with Crippen molar-refractivity contribution in [3.8, 4) is 11.3 Å². The van der Waals surface area contributed by atoms with Crippen LogP contribution >= 0.6 is 11.6 Å². The van der Waals surface area contributed by atoms with Gasteiger partial charge in [-0.1, -0.05) is 17.7 Å². The van der Waals surface area contributed by atoms with Crippen molar-refractivity contribution in [2.45, 2.75) is 13.8 Å². The van der Waals surface area contributed by atoms with Crippen LogP contribution in [-0.2, 0) is 0 Å². The van der Waals surface area contributed by atoms with E-state index in [9.17, 15) is 14.0 Å². The summed E-state index contributed by atoms with van der Waals surface area (Å²) < 4.78 is 13.1. The number of aromatic nitrogens is 1. The lowest BCUT2D eigenvalue weighted by Gasteiger charge is -2.10. The molecule has 2 aromatic carbocycles. The largest absolute Gasteiger partial charge is 0.352 e. The molecular weight excluding hydrogens is 379 g/mol. The van der Waals surface area contributed by atoms with E-state index in [2.05, 4.69) is 10.3 Å². The normalized spacial score (nSPS) is 10.6. The number of nitrogens with one attached hydrogen (secondary N) is 1. The van der Waals surface area contributed by atoms with Gasteiger partial charge in [0.2, 0.25) is 0 Å². The molecule has 142 valence electrons. The van der Waals surface area contributed by atoms with Gasteiger partial charge in [-0.15, -0.1) is 0 Å². The number of aryl methyl sites for hydroxylation is 1. The highest BCUT2D eigenvalue weighted by Crippen LogP contribution is 2.27. The lowest BCUT2D eigenvalue weighted by atomic mass is 9.99. The predicted octanol–water partition coefficient (Wildman–Crippen LogP) is 4.83. The first-order valence-corrected chi connectivity index (χ1v) is 9.14. The lowest BCUT2D eigenvalue weighted by molar-refractivity contribution is 0.0955. The number of carbonyl (C=O) groups excluding carboxylic acids is 2.